The van der Waals surface area contributed by atoms with Gasteiger partial charge in [0, 0.05) is 25.2 Å². The first kappa shape index (κ1) is 25.6. The van der Waals surface area contributed by atoms with Gasteiger partial charge in [-0.05, 0) is 24.6 Å². The molecule has 2 heterocycles. The number of nitrogens with one attached hydrogen (secondary N) is 1. The van der Waals surface area contributed by atoms with E-state index in [2.05, 4.69) is 29.0 Å². The molecule has 1 aliphatic rings. The lowest BCUT2D eigenvalue weighted by Crippen LogP contribution is -2.42. The van der Waals surface area contributed by atoms with Crippen molar-refractivity contribution in [2.24, 2.45) is 5.92 Å². The monoisotopic (exact) mass is 450 g/mol. The van der Waals surface area contributed by atoms with E-state index < -0.39 is 0 Å². The second-order valence-corrected chi connectivity index (χ2v) is 9.17. The van der Waals surface area contributed by atoms with Crippen LogP contribution in [0.3, 0.4) is 0 Å². The van der Waals surface area contributed by atoms with Crippen molar-refractivity contribution in [3.63, 3.8) is 0 Å². The summed E-state index contributed by atoms with van der Waals surface area (Å²) in [4.78, 5) is 17.8. The normalized spacial score (nSPS) is 17.2. The van der Waals surface area contributed by atoms with Crippen LogP contribution in [0.5, 0.6) is 0 Å². The van der Waals surface area contributed by atoms with Crippen molar-refractivity contribution in [2.45, 2.75) is 84.6 Å². The third-order valence-corrected chi connectivity index (χ3v) is 6.25. The van der Waals surface area contributed by atoms with Crippen molar-refractivity contribution in [1.82, 2.24) is 15.2 Å². The van der Waals surface area contributed by atoms with Crippen LogP contribution in [0.15, 0.2) is 29.7 Å². The van der Waals surface area contributed by atoms with Gasteiger partial charge in [0.2, 0.25) is 0 Å². The molecule has 1 aliphatic heterocycles. The van der Waals surface area contributed by atoms with Crippen LogP contribution >= 0.6 is 11.6 Å². The summed E-state index contributed by atoms with van der Waals surface area (Å²) in [5, 5.41) is 15.4. The molecule has 174 valence electrons. The Morgan fingerprint density at radius 1 is 1.13 bits per heavy atom. The predicted molar refractivity (Wildman–Crippen MR) is 128 cm³/mol. The molecule has 6 nitrogen and oxygen atoms in total. The fraction of sp³-hybridized carbons (Fsp3) is 0.708. The highest BCUT2D eigenvalue weighted by Gasteiger charge is 2.31. The molecule has 7 heteroatoms. The van der Waals surface area contributed by atoms with E-state index in [1.807, 2.05) is 6.07 Å². The minimum Gasteiger partial charge on any atom is -0.379 e. The third kappa shape index (κ3) is 9.56. The molecule has 2 rings (SSSR count). The number of hydrogen-bond donors (Lipinski definition) is 1. The van der Waals surface area contributed by atoms with Crippen molar-refractivity contribution >= 4 is 11.6 Å². The zero-order valence-electron chi connectivity index (χ0n) is 19.2. The fourth-order valence-electron chi connectivity index (χ4n) is 4.26. The highest BCUT2D eigenvalue weighted by Crippen LogP contribution is 2.23. The topological polar surface area (TPSA) is 71.3 Å². The van der Waals surface area contributed by atoms with Gasteiger partial charge in [-0.3, -0.25) is 15.0 Å². The Kier molecular flexibility index (Phi) is 11.9. The van der Waals surface area contributed by atoms with E-state index in [0.717, 1.165) is 30.8 Å². The first-order valence-electron chi connectivity index (χ1n) is 11.9. The van der Waals surface area contributed by atoms with Gasteiger partial charge in [0.05, 0.1) is 17.2 Å². The molecule has 1 aromatic rings. The average Bonchev–Trinajstić information content (AvgIpc) is 2.75. The number of aromatic nitrogens is 1. The van der Waals surface area contributed by atoms with E-state index in [4.69, 9.17) is 11.6 Å². The molecule has 31 heavy (non-hydrogen) atoms. The third-order valence-electron chi connectivity index (χ3n) is 6.03. The molecule has 1 atom stereocenters. The van der Waals surface area contributed by atoms with Crippen LogP contribution in [0.1, 0.15) is 83.6 Å². The standard InChI is InChI=1S/C24H39ClN4O2/c1-3-4-5-6-7-8-9-10-11-12-15-28-18-20(2)24(22(19-28)29(30)31)27-17-21-13-14-23(25)26-16-21/h13-14,16,20,27H,3-12,15,17-19H2,1-2H3. The zero-order chi connectivity index (χ0) is 22.5. The van der Waals surface area contributed by atoms with Gasteiger partial charge in [-0.15, -0.1) is 0 Å². The van der Waals surface area contributed by atoms with Crippen LogP contribution in [0.2, 0.25) is 5.15 Å². The lowest BCUT2D eigenvalue weighted by molar-refractivity contribution is -0.431. The molecule has 0 amide bonds. The first-order chi connectivity index (χ1) is 15.0. The Morgan fingerprint density at radius 3 is 2.35 bits per heavy atom. The summed E-state index contributed by atoms with van der Waals surface area (Å²) in [7, 11) is 0. The summed E-state index contributed by atoms with van der Waals surface area (Å²) < 4.78 is 0. The van der Waals surface area contributed by atoms with Crippen LogP contribution in [-0.4, -0.2) is 34.4 Å². The van der Waals surface area contributed by atoms with Crippen molar-refractivity contribution in [3.8, 4) is 0 Å². The predicted octanol–water partition coefficient (Wildman–Crippen LogP) is 6.19. The van der Waals surface area contributed by atoms with Crippen LogP contribution in [-0.2, 0) is 6.54 Å². The van der Waals surface area contributed by atoms with Crippen molar-refractivity contribution < 1.29 is 4.92 Å². The molecule has 1 unspecified atom stereocenters. The Morgan fingerprint density at radius 2 is 1.77 bits per heavy atom. The Labute approximate surface area is 192 Å². The molecule has 0 spiro atoms. The molecule has 0 fully saturated rings. The summed E-state index contributed by atoms with van der Waals surface area (Å²) in [5.41, 5.74) is 2.01. The van der Waals surface area contributed by atoms with E-state index >= 15 is 0 Å². The lowest BCUT2D eigenvalue weighted by atomic mass is 9.99. The number of nitrogens with zero attached hydrogens (tertiary/aromatic N) is 3. The van der Waals surface area contributed by atoms with E-state index in [1.54, 1.807) is 12.3 Å². The number of pyridine rings is 1. The summed E-state index contributed by atoms with van der Waals surface area (Å²) in [6.07, 6.45) is 14.8. The number of unbranched alkanes of at least 4 members (excludes halogenated alkanes) is 9. The van der Waals surface area contributed by atoms with Crippen LogP contribution in [0, 0.1) is 16.0 Å². The Bertz CT molecular complexity index is 693. The highest BCUT2D eigenvalue weighted by molar-refractivity contribution is 6.29. The van der Waals surface area contributed by atoms with E-state index in [1.165, 1.54) is 57.8 Å². The molecule has 0 aliphatic carbocycles. The van der Waals surface area contributed by atoms with Crippen molar-refractivity contribution in [2.75, 3.05) is 19.6 Å². The second kappa shape index (κ2) is 14.4. The largest absolute Gasteiger partial charge is 0.379 e. The molecular formula is C24H39ClN4O2. The molecule has 1 aromatic heterocycles. The highest BCUT2D eigenvalue weighted by atomic mass is 35.5. The number of rotatable bonds is 15. The van der Waals surface area contributed by atoms with Gasteiger partial charge in [-0.1, -0.05) is 89.3 Å². The van der Waals surface area contributed by atoms with E-state index in [0.29, 0.717) is 23.9 Å². The molecule has 0 saturated carbocycles. The summed E-state index contributed by atoms with van der Waals surface area (Å²) in [6, 6.07) is 3.62. The smallest absolute Gasteiger partial charge is 0.279 e. The maximum Gasteiger partial charge on any atom is 0.279 e. The fourth-order valence-corrected chi connectivity index (χ4v) is 4.37. The quantitative estimate of drug-likeness (QED) is 0.149. The van der Waals surface area contributed by atoms with Crippen molar-refractivity contribution in [3.05, 3.63) is 50.6 Å². The number of nitro groups is 1. The minimum absolute atomic E-state index is 0.109. The van der Waals surface area contributed by atoms with Crippen LogP contribution < -0.4 is 5.32 Å². The molecule has 0 aromatic carbocycles. The number of halogens is 1. The van der Waals surface area contributed by atoms with Crippen molar-refractivity contribution in [1.29, 1.82) is 0 Å². The summed E-state index contributed by atoms with van der Waals surface area (Å²) in [6.45, 7) is 7.04. The minimum atomic E-state index is -0.219. The van der Waals surface area contributed by atoms with E-state index in [-0.39, 0.29) is 10.8 Å². The van der Waals surface area contributed by atoms with Gasteiger partial charge in [0.15, 0.2) is 0 Å². The van der Waals surface area contributed by atoms with Crippen LogP contribution in [0.25, 0.3) is 0 Å². The van der Waals surface area contributed by atoms with Gasteiger partial charge < -0.3 is 5.32 Å². The molecule has 0 bridgehead atoms. The van der Waals surface area contributed by atoms with Gasteiger partial charge in [-0.2, -0.15) is 0 Å². The van der Waals surface area contributed by atoms with Gasteiger partial charge in [-0.25, -0.2) is 4.98 Å². The summed E-state index contributed by atoms with van der Waals surface area (Å²) >= 11 is 5.83. The maximum absolute atomic E-state index is 11.7. The van der Waals surface area contributed by atoms with E-state index in [9.17, 15) is 10.1 Å². The summed E-state index contributed by atoms with van der Waals surface area (Å²) in [5.74, 6) is 0.109. The Hall–Kier alpha value is -1.66. The molecule has 0 saturated heterocycles. The van der Waals surface area contributed by atoms with Gasteiger partial charge in [0.25, 0.3) is 5.70 Å². The maximum atomic E-state index is 11.7. The zero-order valence-corrected chi connectivity index (χ0v) is 20.0. The van der Waals surface area contributed by atoms with Gasteiger partial charge >= 0.3 is 0 Å². The SMILES string of the molecule is CCCCCCCCCCCCN1CC([N+](=O)[O-])=C(NCc2ccc(Cl)nc2)C(C)C1. The molecule has 0 radical (unpaired) electrons. The average molecular weight is 451 g/mol. The Balaban J connectivity index is 1.72. The molecule has 1 N–H and O–H groups in total. The first-order valence-corrected chi connectivity index (χ1v) is 12.3. The molecular weight excluding hydrogens is 412 g/mol. The number of hydrogen-bond acceptors (Lipinski definition) is 5. The van der Waals surface area contributed by atoms with Crippen LogP contribution in [0.4, 0.5) is 0 Å². The van der Waals surface area contributed by atoms with Gasteiger partial charge in [0.1, 0.15) is 5.15 Å². The second-order valence-electron chi connectivity index (χ2n) is 8.78. The lowest BCUT2D eigenvalue weighted by Gasteiger charge is -2.31.